The first-order valence-electron chi connectivity index (χ1n) is 4.09. The smallest absolute Gasteiger partial charge is 0.0615 e. The van der Waals surface area contributed by atoms with Crippen molar-refractivity contribution in [2.24, 2.45) is 4.99 Å². The normalized spacial score (nSPS) is 12.7. The highest BCUT2D eigenvalue weighted by molar-refractivity contribution is 5.80. The predicted octanol–water partition coefficient (Wildman–Crippen LogP) is 3.50. The predicted molar refractivity (Wildman–Crippen MR) is 56.5 cm³/mol. The van der Waals surface area contributed by atoms with Gasteiger partial charge >= 0.3 is 0 Å². The molecule has 1 heteroatoms. The number of rotatable bonds is 3. The second kappa shape index (κ2) is 5.53. The van der Waals surface area contributed by atoms with Crippen LogP contribution in [0.4, 0.5) is 0 Å². The van der Waals surface area contributed by atoms with Crippen molar-refractivity contribution in [3.05, 3.63) is 36.1 Å². The average molecular weight is 163 g/mol. The molecule has 0 amide bonds. The van der Waals surface area contributed by atoms with Crippen molar-refractivity contribution >= 4 is 5.71 Å². The monoisotopic (exact) mass is 163 g/mol. The SMILES string of the molecule is C=C/C=C(C)\C(=C/C)N=C(C)C. The molecule has 0 atom stereocenters. The van der Waals surface area contributed by atoms with Crippen LogP contribution >= 0.6 is 0 Å². The maximum Gasteiger partial charge on any atom is 0.0615 e. The fraction of sp³-hybridized carbons (Fsp3) is 0.364. The van der Waals surface area contributed by atoms with E-state index in [1.54, 1.807) is 6.08 Å². The van der Waals surface area contributed by atoms with Gasteiger partial charge in [0, 0.05) is 5.71 Å². The molecule has 0 aliphatic carbocycles. The van der Waals surface area contributed by atoms with Gasteiger partial charge in [0.25, 0.3) is 0 Å². The van der Waals surface area contributed by atoms with Crippen LogP contribution in [0.25, 0.3) is 0 Å². The van der Waals surface area contributed by atoms with Gasteiger partial charge < -0.3 is 0 Å². The molecule has 0 fully saturated rings. The molecule has 0 heterocycles. The molecule has 0 rings (SSSR count). The molecular weight excluding hydrogens is 146 g/mol. The molecule has 0 radical (unpaired) electrons. The average Bonchev–Trinajstić information content (AvgIpc) is 2.00. The van der Waals surface area contributed by atoms with Crippen LogP contribution in [0.1, 0.15) is 27.7 Å². The lowest BCUT2D eigenvalue weighted by Crippen LogP contribution is -1.86. The highest BCUT2D eigenvalue weighted by Gasteiger charge is 1.93. The number of hydrogen-bond acceptors (Lipinski definition) is 1. The van der Waals surface area contributed by atoms with E-state index >= 15 is 0 Å². The van der Waals surface area contributed by atoms with Crippen molar-refractivity contribution in [1.82, 2.24) is 0 Å². The Morgan fingerprint density at radius 3 is 2.17 bits per heavy atom. The quantitative estimate of drug-likeness (QED) is 0.446. The minimum Gasteiger partial charge on any atom is -0.259 e. The lowest BCUT2D eigenvalue weighted by molar-refractivity contribution is 1.26. The standard InChI is InChI=1S/C11H17N/c1-6-8-10(5)11(7-2)12-9(3)4/h6-8H,1H2,2-5H3/b10-8-,11-7+. The van der Waals surface area contributed by atoms with Crippen molar-refractivity contribution < 1.29 is 0 Å². The lowest BCUT2D eigenvalue weighted by atomic mass is 10.2. The number of aliphatic imine (C=N–C) groups is 1. The Hall–Kier alpha value is -1.11. The van der Waals surface area contributed by atoms with Gasteiger partial charge in [-0.1, -0.05) is 24.8 Å². The zero-order valence-electron chi connectivity index (χ0n) is 8.39. The van der Waals surface area contributed by atoms with Gasteiger partial charge in [-0.15, -0.1) is 0 Å². The Morgan fingerprint density at radius 1 is 1.25 bits per heavy atom. The first-order valence-corrected chi connectivity index (χ1v) is 4.09. The molecule has 0 aliphatic heterocycles. The van der Waals surface area contributed by atoms with Crippen LogP contribution in [0.3, 0.4) is 0 Å². The van der Waals surface area contributed by atoms with E-state index < -0.39 is 0 Å². The zero-order chi connectivity index (χ0) is 9.56. The molecule has 0 unspecified atom stereocenters. The lowest BCUT2D eigenvalue weighted by Gasteiger charge is -2.00. The van der Waals surface area contributed by atoms with Crippen molar-refractivity contribution in [2.75, 3.05) is 0 Å². The first-order chi connectivity index (χ1) is 5.61. The Bertz CT molecular complexity index is 238. The van der Waals surface area contributed by atoms with Crippen LogP contribution in [-0.2, 0) is 0 Å². The van der Waals surface area contributed by atoms with E-state index in [-0.39, 0.29) is 0 Å². The molecule has 0 spiro atoms. The van der Waals surface area contributed by atoms with Crippen molar-refractivity contribution in [1.29, 1.82) is 0 Å². The molecule has 0 saturated carbocycles. The fourth-order valence-corrected chi connectivity index (χ4v) is 0.883. The largest absolute Gasteiger partial charge is 0.259 e. The van der Waals surface area contributed by atoms with Crippen LogP contribution in [0.2, 0.25) is 0 Å². The highest BCUT2D eigenvalue weighted by atomic mass is 14.7. The van der Waals surface area contributed by atoms with Crippen LogP contribution < -0.4 is 0 Å². The van der Waals surface area contributed by atoms with Gasteiger partial charge in [0.05, 0.1) is 5.70 Å². The second-order valence-corrected chi connectivity index (χ2v) is 2.82. The summed E-state index contributed by atoms with van der Waals surface area (Å²) in [6.45, 7) is 11.6. The van der Waals surface area contributed by atoms with Gasteiger partial charge in [-0.05, 0) is 33.3 Å². The summed E-state index contributed by atoms with van der Waals surface area (Å²) in [6.07, 6.45) is 5.74. The third-order valence-corrected chi connectivity index (χ3v) is 1.39. The van der Waals surface area contributed by atoms with E-state index in [0.717, 1.165) is 17.0 Å². The van der Waals surface area contributed by atoms with E-state index in [2.05, 4.69) is 11.6 Å². The molecule has 66 valence electrons. The molecule has 0 aromatic rings. The van der Waals surface area contributed by atoms with E-state index in [0.29, 0.717) is 0 Å². The third-order valence-electron chi connectivity index (χ3n) is 1.39. The summed E-state index contributed by atoms with van der Waals surface area (Å²) in [5.74, 6) is 0. The van der Waals surface area contributed by atoms with Crippen molar-refractivity contribution in [2.45, 2.75) is 27.7 Å². The number of allylic oxidation sites excluding steroid dienone is 4. The van der Waals surface area contributed by atoms with E-state index in [9.17, 15) is 0 Å². The Balaban J connectivity index is 4.71. The topological polar surface area (TPSA) is 12.4 Å². The van der Waals surface area contributed by atoms with E-state index in [1.165, 1.54) is 0 Å². The highest BCUT2D eigenvalue weighted by Crippen LogP contribution is 2.10. The van der Waals surface area contributed by atoms with Crippen LogP contribution in [-0.4, -0.2) is 5.71 Å². The number of nitrogens with zero attached hydrogens (tertiary/aromatic N) is 1. The first kappa shape index (κ1) is 10.9. The van der Waals surface area contributed by atoms with Crippen LogP contribution in [0.15, 0.2) is 41.1 Å². The minimum atomic E-state index is 1.02. The zero-order valence-corrected chi connectivity index (χ0v) is 8.39. The second-order valence-electron chi connectivity index (χ2n) is 2.82. The van der Waals surface area contributed by atoms with Gasteiger partial charge in [-0.3, -0.25) is 4.99 Å². The summed E-state index contributed by atoms with van der Waals surface area (Å²) in [5, 5.41) is 0. The fourth-order valence-electron chi connectivity index (χ4n) is 0.883. The summed E-state index contributed by atoms with van der Waals surface area (Å²) in [5.41, 5.74) is 3.24. The van der Waals surface area contributed by atoms with Crippen molar-refractivity contribution in [3.8, 4) is 0 Å². The Kier molecular flexibility index (Phi) is 5.02. The summed E-state index contributed by atoms with van der Waals surface area (Å²) in [7, 11) is 0. The van der Waals surface area contributed by atoms with Crippen LogP contribution in [0.5, 0.6) is 0 Å². The summed E-state index contributed by atoms with van der Waals surface area (Å²) in [6, 6.07) is 0. The molecule has 0 aromatic carbocycles. The van der Waals surface area contributed by atoms with Gasteiger partial charge in [0.2, 0.25) is 0 Å². The number of hydrogen-bond donors (Lipinski definition) is 0. The summed E-state index contributed by atoms with van der Waals surface area (Å²) in [4.78, 5) is 4.38. The molecule has 0 saturated heterocycles. The molecule has 0 aliphatic rings. The van der Waals surface area contributed by atoms with Crippen LogP contribution in [0, 0.1) is 0 Å². The molecule has 12 heavy (non-hydrogen) atoms. The summed E-state index contributed by atoms with van der Waals surface area (Å²) < 4.78 is 0. The van der Waals surface area contributed by atoms with Gasteiger partial charge in [-0.2, -0.15) is 0 Å². The molecule has 1 nitrogen and oxygen atoms in total. The maximum absolute atomic E-state index is 4.38. The molecule has 0 N–H and O–H groups in total. The molecular formula is C11H17N. The Labute approximate surface area is 75.2 Å². The van der Waals surface area contributed by atoms with Crippen molar-refractivity contribution in [3.63, 3.8) is 0 Å². The van der Waals surface area contributed by atoms with E-state index in [4.69, 9.17) is 0 Å². The molecule has 0 bridgehead atoms. The molecule has 0 aromatic heterocycles. The Morgan fingerprint density at radius 2 is 1.83 bits per heavy atom. The van der Waals surface area contributed by atoms with Gasteiger partial charge in [-0.25, -0.2) is 0 Å². The van der Waals surface area contributed by atoms with E-state index in [1.807, 2.05) is 39.8 Å². The minimum absolute atomic E-state index is 1.02. The third kappa shape index (κ3) is 3.91. The summed E-state index contributed by atoms with van der Waals surface area (Å²) >= 11 is 0. The maximum atomic E-state index is 4.38. The van der Waals surface area contributed by atoms with Gasteiger partial charge in [0.1, 0.15) is 0 Å². The van der Waals surface area contributed by atoms with Gasteiger partial charge in [0.15, 0.2) is 0 Å².